The van der Waals surface area contributed by atoms with Crippen LogP contribution in [0.1, 0.15) is 11.1 Å². The molecule has 1 heterocycles. The molecule has 19 heavy (non-hydrogen) atoms. The van der Waals surface area contributed by atoms with Crippen LogP contribution in [0.25, 0.3) is 0 Å². The molecule has 0 aliphatic carbocycles. The van der Waals surface area contributed by atoms with Crippen LogP contribution in [-0.4, -0.2) is 23.8 Å². The summed E-state index contributed by atoms with van der Waals surface area (Å²) < 4.78 is 11.6. The van der Waals surface area contributed by atoms with Crippen molar-refractivity contribution in [3.63, 3.8) is 0 Å². The van der Waals surface area contributed by atoms with Gasteiger partial charge in [-0.05, 0) is 5.56 Å². The lowest BCUT2D eigenvalue weighted by Crippen LogP contribution is -2.25. The molecular formula is C14H16N2O3. The van der Waals surface area contributed by atoms with Gasteiger partial charge in [-0.2, -0.15) is 4.98 Å². The lowest BCUT2D eigenvalue weighted by atomic mass is 10.1. The number of ether oxygens (including phenoxy) is 2. The summed E-state index contributed by atoms with van der Waals surface area (Å²) in [4.78, 5) is 16.5. The summed E-state index contributed by atoms with van der Waals surface area (Å²) in [6.45, 7) is 0. The molecule has 1 aromatic heterocycles. The van der Waals surface area contributed by atoms with E-state index in [4.69, 9.17) is 9.47 Å². The minimum Gasteiger partial charge on any atom is -0.481 e. The minimum atomic E-state index is -0.160. The van der Waals surface area contributed by atoms with Gasteiger partial charge in [0.2, 0.25) is 5.88 Å². The zero-order chi connectivity index (χ0) is 13.8. The molecule has 0 aliphatic heterocycles. The largest absolute Gasteiger partial charge is 0.481 e. The van der Waals surface area contributed by atoms with Crippen molar-refractivity contribution >= 4 is 0 Å². The van der Waals surface area contributed by atoms with Crippen LogP contribution >= 0.6 is 0 Å². The SMILES string of the molecule is COc1nc(OC)n(C)c(=O)c1Cc1ccccc1. The number of aromatic nitrogens is 2. The van der Waals surface area contributed by atoms with Crippen molar-refractivity contribution in [2.75, 3.05) is 14.2 Å². The monoisotopic (exact) mass is 260 g/mol. The highest BCUT2D eigenvalue weighted by Crippen LogP contribution is 2.18. The highest BCUT2D eigenvalue weighted by Gasteiger charge is 2.16. The molecule has 0 N–H and O–H groups in total. The molecule has 0 spiro atoms. The van der Waals surface area contributed by atoms with Crippen LogP contribution in [-0.2, 0) is 13.5 Å². The number of benzene rings is 1. The van der Waals surface area contributed by atoms with Gasteiger partial charge in [0.25, 0.3) is 5.56 Å². The van der Waals surface area contributed by atoms with Crippen molar-refractivity contribution in [1.82, 2.24) is 9.55 Å². The average molecular weight is 260 g/mol. The third-order valence-electron chi connectivity index (χ3n) is 2.90. The summed E-state index contributed by atoms with van der Waals surface area (Å²) in [7, 11) is 4.59. The fourth-order valence-corrected chi connectivity index (χ4v) is 1.91. The molecule has 100 valence electrons. The van der Waals surface area contributed by atoms with Crippen molar-refractivity contribution in [3.05, 3.63) is 51.8 Å². The predicted octanol–water partition coefficient (Wildman–Crippen LogP) is 1.39. The van der Waals surface area contributed by atoms with Crippen LogP contribution in [0, 0.1) is 0 Å². The summed E-state index contributed by atoms with van der Waals surface area (Å²) in [6.07, 6.45) is 0.480. The van der Waals surface area contributed by atoms with Crippen molar-refractivity contribution in [2.24, 2.45) is 7.05 Å². The normalized spacial score (nSPS) is 10.3. The van der Waals surface area contributed by atoms with Crippen LogP contribution < -0.4 is 15.0 Å². The predicted molar refractivity (Wildman–Crippen MR) is 71.8 cm³/mol. The quantitative estimate of drug-likeness (QED) is 0.833. The minimum absolute atomic E-state index is 0.160. The second-order valence-electron chi connectivity index (χ2n) is 4.11. The number of hydrogen-bond acceptors (Lipinski definition) is 4. The van der Waals surface area contributed by atoms with E-state index in [0.717, 1.165) is 5.56 Å². The van der Waals surface area contributed by atoms with E-state index in [1.165, 1.54) is 18.8 Å². The van der Waals surface area contributed by atoms with E-state index in [0.29, 0.717) is 17.9 Å². The van der Waals surface area contributed by atoms with Crippen LogP contribution in [0.5, 0.6) is 11.9 Å². The number of rotatable bonds is 4. The Kier molecular flexibility index (Phi) is 3.85. The zero-order valence-electron chi connectivity index (χ0n) is 11.2. The van der Waals surface area contributed by atoms with E-state index < -0.39 is 0 Å². The zero-order valence-corrected chi connectivity index (χ0v) is 11.2. The third kappa shape index (κ3) is 2.59. The Bertz CT molecular complexity index is 621. The van der Waals surface area contributed by atoms with Gasteiger partial charge in [0.05, 0.1) is 19.8 Å². The standard InChI is InChI=1S/C14H16N2O3/c1-16-13(17)11(9-10-7-5-4-6-8-10)12(18-2)15-14(16)19-3/h4-8H,9H2,1-3H3. The highest BCUT2D eigenvalue weighted by molar-refractivity contribution is 5.32. The molecule has 5 heteroatoms. The van der Waals surface area contributed by atoms with Gasteiger partial charge in [-0.1, -0.05) is 30.3 Å². The van der Waals surface area contributed by atoms with Crippen LogP contribution in [0.3, 0.4) is 0 Å². The van der Waals surface area contributed by atoms with Crippen molar-refractivity contribution < 1.29 is 9.47 Å². The first-order valence-corrected chi connectivity index (χ1v) is 5.89. The van der Waals surface area contributed by atoms with Gasteiger partial charge in [0, 0.05) is 13.5 Å². The van der Waals surface area contributed by atoms with Gasteiger partial charge in [-0.3, -0.25) is 9.36 Å². The molecule has 0 saturated heterocycles. The van der Waals surface area contributed by atoms with Crippen molar-refractivity contribution in [2.45, 2.75) is 6.42 Å². The number of hydrogen-bond donors (Lipinski definition) is 0. The Labute approximate surface area is 111 Å². The summed E-state index contributed by atoms with van der Waals surface area (Å²) in [5, 5.41) is 0. The fourth-order valence-electron chi connectivity index (χ4n) is 1.91. The first-order chi connectivity index (χ1) is 9.17. The fraction of sp³-hybridized carbons (Fsp3) is 0.286. The van der Waals surface area contributed by atoms with Crippen LogP contribution in [0.4, 0.5) is 0 Å². The van der Waals surface area contributed by atoms with Crippen LogP contribution in [0.2, 0.25) is 0 Å². The molecule has 2 aromatic rings. The molecule has 5 nitrogen and oxygen atoms in total. The summed E-state index contributed by atoms with van der Waals surface area (Å²) in [5.74, 6) is 0.309. The van der Waals surface area contributed by atoms with E-state index >= 15 is 0 Å². The smallest absolute Gasteiger partial charge is 0.301 e. The molecule has 0 amide bonds. The van der Waals surface area contributed by atoms with Gasteiger partial charge in [-0.25, -0.2) is 0 Å². The first kappa shape index (κ1) is 13.1. The topological polar surface area (TPSA) is 53.4 Å². The molecule has 0 radical (unpaired) electrons. The average Bonchev–Trinajstić information content (AvgIpc) is 2.45. The summed E-state index contributed by atoms with van der Waals surface area (Å²) in [5.41, 5.74) is 1.40. The number of methoxy groups -OCH3 is 2. The molecule has 1 aromatic carbocycles. The highest BCUT2D eigenvalue weighted by atomic mass is 16.5. The van der Waals surface area contributed by atoms with Crippen LogP contribution in [0.15, 0.2) is 35.1 Å². The number of nitrogens with zero attached hydrogens (tertiary/aromatic N) is 2. The second kappa shape index (κ2) is 5.56. The second-order valence-corrected chi connectivity index (χ2v) is 4.11. The van der Waals surface area contributed by atoms with E-state index in [-0.39, 0.29) is 11.6 Å². The lowest BCUT2D eigenvalue weighted by molar-refractivity contribution is 0.331. The molecule has 0 fully saturated rings. The van der Waals surface area contributed by atoms with Crippen molar-refractivity contribution in [1.29, 1.82) is 0 Å². The van der Waals surface area contributed by atoms with Gasteiger partial charge < -0.3 is 9.47 Å². The molecule has 0 atom stereocenters. The Balaban J connectivity index is 2.51. The Morgan fingerprint density at radius 1 is 1.16 bits per heavy atom. The third-order valence-corrected chi connectivity index (χ3v) is 2.90. The molecular weight excluding hydrogens is 244 g/mol. The van der Waals surface area contributed by atoms with Gasteiger partial charge in [0.1, 0.15) is 0 Å². The van der Waals surface area contributed by atoms with Gasteiger partial charge in [-0.15, -0.1) is 0 Å². The molecule has 2 rings (SSSR count). The van der Waals surface area contributed by atoms with Gasteiger partial charge in [0.15, 0.2) is 0 Å². The summed E-state index contributed by atoms with van der Waals surface area (Å²) >= 11 is 0. The van der Waals surface area contributed by atoms with E-state index in [2.05, 4.69) is 4.98 Å². The summed E-state index contributed by atoms with van der Waals surface area (Å²) in [6, 6.07) is 9.96. The maximum Gasteiger partial charge on any atom is 0.301 e. The lowest BCUT2D eigenvalue weighted by Gasteiger charge is -2.12. The van der Waals surface area contributed by atoms with E-state index in [9.17, 15) is 4.79 Å². The Morgan fingerprint density at radius 3 is 2.42 bits per heavy atom. The molecule has 0 aliphatic rings. The van der Waals surface area contributed by atoms with E-state index in [1.807, 2.05) is 30.3 Å². The molecule has 0 saturated carbocycles. The maximum atomic E-state index is 12.3. The molecule has 0 unspecified atom stereocenters. The van der Waals surface area contributed by atoms with E-state index in [1.54, 1.807) is 7.05 Å². The maximum absolute atomic E-state index is 12.3. The first-order valence-electron chi connectivity index (χ1n) is 5.89. The van der Waals surface area contributed by atoms with Crippen molar-refractivity contribution in [3.8, 4) is 11.9 Å². The molecule has 0 bridgehead atoms. The Morgan fingerprint density at radius 2 is 1.84 bits per heavy atom. The Hall–Kier alpha value is -2.30. The van der Waals surface area contributed by atoms with Gasteiger partial charge >= 0.3 is 6.01 Å².